The molecule has 2 aliphatic rings. The molecule has 4 nitrogen and oxygen atoms in total. The summed E-state index contributed by atoms with van der Waals surface area (Å²) in [6.45, 7) is 0. The molecule has 2 rings (SSSR count). The van der Waals surface area contributed by atoms with Gasteiger partial charge in [-0.15, -0.1) is 0 Å². The van der Waals surface area contributed by atoms with Gasteiger partial charge in [-0.3, -0.25) is 4.79 Å². The van der Waals surface area contributed by atoms with Gasteiger partial charge in [-0.25, -0.2) is 0 Å². The first-order valence-electron chi connectivity index (χ1n) is 4.60. The minimum Gasteiger partial charge on any atom is -0.482 e. The minimum absolute atomic E-state index is 0.146. The van der Waals surface area contributed by atoms with Crippen LogP contribution in [-0.4, -0.2) is 43.0 Å². The quantitative estimate of drug-likeness (QED) is 0.610. The zero-order chi connectivity index (χ0) is 10.3. The molecule has 76 valence electrons. The normalized spacial score (nSPS) is 25.9. The van der Waals surface area contributed by atoms with Crippen molar-refractivity contribution in [1.29, 1.82) is 0 Å². The van der Waals surface area contributed by atoms with Crippen LogP contribution < -0.4 is 0 Å². The van der Waals surface area contributed by atoms with Crippen LogP contribution in [0.15, 0.2) is 23.7 Å². The summed E-state index contributed by atoms with van der Waals surface area (Å²) in [6.07, 6.45) is 4.38. The summed E-state index contributed by atoms with van der Waals surface area (Å²) >= 11 is 0. The van der Waals surface area contributed by atoms with Gasteiger partial charge in [0, 0.05) is 19.8 Å². The first-order valence-corrected chi connectivity index (χ1v) is 4.60. The number of rotatable bonds is 1. The maximum atomic E-state index is 11.5. The van der Waals surface area contributed by atoms with E-state index in [2.05, 4.69) is 0 Å². The Labute approximate surface area is 83.4 Å². The summed E-state index contributed by atoms with van der Waals surface area (Å²) in [6, 6.07) is 0.146. The third-order valence-electron chi connectivity index (χ3n) is 2.89. The number of fused-ring (bicyclic) bond motifs is 1. The summed E-state index contributed by atoms with van der Waals surface area (Å²) in [7, 11) is 5.40. The lowest BCUT2D eigenvalue weighted by Crippen LogP contribution is -2.34. The molecule has 1 atom stereocenters. The van der Waals surface area contributed by atoms with Crippen LogP contribution in [0, 0.1) is 0 Å². The predicted octanol–water partition coefficient (Wildman–Crippen LogP) is 0.534. The maximum Gasteiger partial charge on any atom is 0.229 e. The molecular formula is C10H14N2O2. The van der Waals surface area contributed by atoms with Gasteiger partial charge in [-0.05, 0) is 12.2 Å². The summed E-state index contributed by atoms with van der Waals surface area (Å²) in [4.78, 5) is 15.2. The van der Waals surface area contributed by atoms with Gasteiger partial charge in [-0.2, -0.15) is 0 Å². The second kappa shape index (κ2) is 3.04. The number of nitrogens with zero attached hydrogens (tertiary/aromatic N) is 2. The van der Waals surface area contributed by atoms with Crippen LogP contribution in [0.3, 0.4) is 0 Å². The van der Waals surface area contributed by atoms with Crippen molar-refractivity contribution in [2.24, 2.45) is 0 Å². The summed E-state index contributed by atoms with van der Waals surface area (Å²) in [5.41, 5.74) is 1.05. The molecule has 1 unspecified atom stereocenters. The number of allylic oxidation sites excluding steroid dienone is 2. The van der Waals surface area contributed by atoms with Crippen molar-refractivity contribution in [3.05, 3.63) is 23.7 Å². The average Bonchev–Trinajstić information content (AvgIpc) is 2.46. The topological polar surface area (TPSA) is 32.8 Å². The average molecular weight is 194 g/mol. The standard InChI is InChI=1S/C10H14N2O2/c1-11-7-4-5-10(14-3)12(2)8(7)6-9(11)13/h4-5,8H,6H2,1-3H3. The van der Waals surface area contributed by atoms with E-state index in [1.165, 1.54) is 0 Å². The van der Waals surface area contributed by atoms with Crippen molar-refractivity contribution < 1.29 is 9.53 Å². The van der Waals surface area contributed by atoms with Gasteiger partial charge in [0.2, 0.25) is 5.91 Å². The van der Waals surface area contributed by atoms with Crippen molar-refractivity contribution in [2.45, 2.75) is 12.5 Å². The molecule has 0 aromatic rings. The molecule has 0 bridgehead atoms. The molecule has 0 aromatic carbocycles. The predicted molar refractivity (Wildman–Crippen MR) is 52.1 cm³/mol. The Balaban J connectivity index is 2.33. The molecule has 0 N–H and O–H groups in total. The third-order valence-corrected chi connectivity index (χ3v) is 2.89. The molecule has 1 amide bonds. The lowest BCUT2D eigenvalue weighted by atomic mass is 10.1. The van der Waals surface area contributed by atoms with E-state index in [1.807, 2.05) is 31.1 Å². The van der Waals surface area contributed by atoms with Crippen LogP contribution in [-0.2, 0) is 9.53 Å². The largest absolute Gasteiger partial charge is 0.482 e. The Hall–Kier alpha value is -1.45. The number of likely N-dealkylation sites (tertiary alicyclic amines) is 1. The highest BCUT2D eigenvalue weighted by Gasteiger charge is 2.37. The third kappa shape index (κ3) is 1.10. The highest BCUT2D eigenvalue weighted by Crippen LogP contribution is 2.30. The van der Waals surface area contributed by atoms with E-state index in [0.29, 0.717) is 6.42 Å². The molecule has 0 aromatic heterocycles. The number of hydrogen-bond donors (Lipinski definition) is 0. The Morgan fingerprint density at radius 3 is 2.79 bits per heavy atom. The Bertz CT molecular complexity index is 333. The van der Waals surface area contributed by atoms with Crippen molar-refractivity contribution in [3.63, 3.8) is 0 Å². The van der Waals surface area contributed by atoms with E-state index in [4.69, 9.17) is 4.74 Å². The second-order valence-electron chi connectivity index (χ2n) is 3.58. The molecule has 1 saturated heterocycles. The fraction of sp³-hybridized carbons (Fsp3) is 0.500. The Morgan fingerprint density at radius 2 is 2.14 bits per heavy atom. The SMILES string of the molecule is COC1=CC=C2C(CC(=O)N2C)N1C. The van der Waals surface area contributed by atoms with Crippen molar-refractivity contribution in [3.8, 4) is 0 Å². The lowest BCUT2D eigenvalue weighted by Gasteiger charge is -2.31. The Morgan fingerprint density at radius 1 is 1.43 bits per heavy atom. The van der Waals surface area contributed by atoms with Gasteiger partial charge in [-0.1, -0.05) is 0 Å². The first-order chi connectivity index (χ1) is 6.65. The van der Waals surface area contributed by atoms with Gasteiger partial charge >= 0.3 is 0 Å². The number of carbonyl (C=O) groups excluding carboxylic acids is 1. The monoisotopic (exact) mass is 194 g/mol. The summed E-state index contributed by atoms with van der Waals surface area (Å²) in [5.74, 6) is 0.973. The highest BCUT2D eigenvalue weighted by atomic mass is 16.5. The second-order valence-corrected chi connectivity index (χ2v) is 3.58. The fourth-order valence-electron chi connectivity index (χ4n) is 1.97. The van der Waals surface area contributed by atoms with Gasteiger partial charge in [0.1, 0.15) is 0 Å². The van der Waals surface area contributed by atoms with Gasteiger partial charge < -0.3 is 14.5 Å². The van der Waals surface area contributed by atoms with Crippen molar-refractivity contribution >= 4 is 5.91 Å². The number of likely N-dealkylation sites (N-methyl/N-ethyl adjacent to an activating group) is 2. The molecule has 14 heavy (non-hydrogen) atoms. The molecule has 0 aliphatic carbocycles. The van der Waals surface area contributed by atoms with Gasteiger partial charge in [0.25, 0.3) is 0 Å². The number of amides is 1. The van der Waals surface area contributed by atoms with Crippen LogP contribution in [0.2, 0.25) is 0 Å². The molecule has 2 heterocycles. The molecule has 1 fully saturated rings. The van der Waals surface area contributed by atoms with Crippen molar-refractivity contribution in [2.75, 3.05) is 21.2 Å². The zero-order valence-electron chi connectivity index (χ0n) is 8.65. The zero-order valence-corrected chi connectivity index (χ0v) is 8.65. The van der Waals surface area contributed by atoms with E-state index in [1.54, 1.807) is 12.0 Å². The van der Waals surface area contributed by atoms with Crippen LogP contribution >= 0.6 is 0 Å². The van der Waals surface area contributed by atoms with Crippen LogP contribution in [0.5, 0.6) is 0 Å². The Kier molecular flexibility index (Phi) is 1.98. The van der Waals surface area contributed by atoms with Gasteiger partial charge in [0.05, 0.1) is 19.6 Å². The molecule has 0 radical (unpaired) electrons. The molecular weight excluding hydrogens is 180 g/mol. The van der Waals surface area contributed by atoms with E-state index < -0.39 is 0 Å². The van der Waals surface area contributed by atoms with E-state index in [9.17, 15) is 4.79 Å². The highest BCUT2D eigenvalue weighted by molar-refractivity contribution is 5.83. The fourth-order valence-corrected chi connectivity index (χ4v) is 1.97. The summed E-state index contributed by atoms with van der Waals surface area (Å²) in [5, 5.41) is 0. The van der Waals surface area contributed by atoms with Crippen LogP contribution in [0.4, 0.5) is 0 Å². The number of methoxy groups -OCH3 is 1. The molecule has 0 spiro atoms. The number of ether oxygens (including phenoxy) is 1. The van der Waals surface area contributed by atoms with Crippen LogP contribution in [0.1, 0.15) is 6.42 Å². The molecule has 0 saturated carbocycles. The lowest BCUT2D eigenvalue weighted by molar-refractivity contribution is -0.125. The molecule has 4 heteroatoms. The smallest absolute Gasteiger partial charge is 0.229 e. The summed E-state index contributed by atoms with van der Waals surface area (Å²) < 4.78 is 5.19. The maximum absolute atomic E-state index is 11.5. The van der Waals surface area contributed by atoms with Crippen molar-refractivity contribution in [1.82, 2.24) is 9.80 Å². The van der Waals surface area contributed by atoms with E-state index in [0.717, 1.165) is 11.6 Å². The van der Waals surface area contributed by atoms with E-state index >= 15 is 0 Å². The van der Waals surface area contributed by atoms with E-state index in [-0.39, 0.29) is 11.9 Å². The first kappa shape index (κ1) is 9.12. The minimum atomic E-state index is 0.146. The molecule has 2 aliphatic heterocycles. The number of carbonyl (C=O) groups is 1. The van der Waals surface area contributed by atoms with Crippen LogP contribution in [0.25, 0.3) is 0 Å². The van der Waals surface area contributed by atoms with Gasteiger partial charge in [0.15, 0.2) is 5.88 Å². The number of hydrogen-bond acceptors (Lipinski definition) is 3.